The minimum Gasteiger partial charge on any atom is -0.481 e. The van der Waals surface area contributed by atoms with E-state index in [1.165, 1.54) is 6.07 Å². The number of aryl methyl sites for hydroxylation is 1. The molecule has 3 N–H and O–H groups in total. The average Bonchev–Trinajstić information content (AvgIpc) is 3.26. The van der Waals surface area contributed by atoms with Crippen molar-refractivity contribution in [3.8, 4) is 11.3 Å². The minimum atomic E-state index is -1.24. The molecule has 2 heterocycles. The first-order chi connectivity index (χ1) is 13.9. The van der Waals surface area contributed by atoms with Crippen LogP contribution in [0, 0.1) is 11.3 Å². The van der Waals surface area contributed by atoms with E-state index in [0.717, 1.165) is 42.6 Å². The molecule has 0 amide bonds. The van der Waals surface area contributed by atoms with Gasteiger partial charge in [-0.15, -0.1) is 0 Å². The van der Waals surface area contributed by atoms with Gasteiger partial charge in [-0.1, -0.05) is 25.5 Å². The molecule has 0 spiro atoms. The summed E-state index contributed by atoms with van der Waals surface area (Å²) in [7, 11) is 0. The Morgan fingerprint density at radius 2 is 1.97 bits per heavy atom. The number of fused-ring (bicyclic) bond motifs is 1. The lowest BCUT2D eigenvalue weighted by Gasteiger charge is -2.24. The summed E-state index contributed by atoms with van der Waals surface area (Å²) < 4.78 is 0. The van der Waals surface area contributed by atoms with Gasteiger partial charge in [0.2, 0.25) is 0 Å². The van der Waals surface area contributed by atoms with Crippen molar-refractivity contribution in [2.24, 2.45) is 11.3 Å². The third kappa shape index (κ3) is 3.10. The van der Waals surface area contributed by atoms with E-state index in [9.17, 15) is 19.5 Å². The lowest BCUT2D eigenvalue weighted by molar-refractivity contribution is -0.149. The lowest BCUT2D eigenvalue weighted by Crippen LogP contribution is -2.35. The molecule has 1 aliphatic carbocycles. The Balaban J connectivity index is 1.63. The van der Waals surface area contributed by atoms with Gasteiger partial charge in [0, 0.05) is 18.8 Å². The van der Waals surface area contributed by atoms with Crippen molar-refractivity contribution < 1.29 is 19.8 Å². The van der Waals surface area contributed by atoms with Gasteiger partial charge in [-0.3, -0.25) is 9.59 Å². The van der Waals surface area contributed by atoms with Gasteiger partial charge in [-0.05, 0) is 54.5 Å². The zero-order valence-electron chi connectivity index (χ0n) is 16.3. The molecule has 7 nitrogen and oxygen atoms in total. The zero-order valence-corrected chi connectivity index (χ0v) is 16.3. The molecule has 0 radical (unpaired) electrons. The van der Waals surface area contributed by atoms with Crippen molar-refractivity contribution in [2.45, 2.75) is 32.6 Å². The topological polar surface area (TPSA) is 111 Å². The number of hydrogen-bond acceptors (Lipinski definition) is 4. The fourth-order valence-electron chi connectivity index (χ4n) is 4.94. The lowest BCUT2D eigenvalue weighted by atomic mass is 9.81. The summed E-state index contributed by atoms with van der Waals surface area (Å²) in [6.45, 7) is 3.18. The number of aromatic carboxylic acids is 1. The van der Waals surface area contributed by atoms with Crippen LogP contribution in [-0.4, -0.2) is 40.2 Å². The largest absolute Gasteiger partial charge is 0.481 e. The van der Waals surface area contributed by atoms with E-state index in [1.807, 2.05) is 31.2 Å². The number of hydrogen-bond donors (Lipinski definition) is 3. The van der Waals surface area contributed by atoms with E-state index in [2.05, 4.69) is 9.88 Å². The second-order valence-electron chi connectivity index (χ2n) is 8.05. The molecule has 1 aliphatic heterocycles. The highest BCUT2D eigenvalue weighted by atomic mass is 16.4. The first-order valence-corrected chi connectivity index (χ1v) is 9.94. The number of anilines is 1. The number of aromatic nitrogens is 1. The predicted molar refractivity (Wildman–Crippen MR) is 108 cm³/mol. The number of aromatic amines is 1. The SMILES string of the molecule is CCc1cc(C(=O)O)c(=O)[nH]c1-c1ccc(N2C[C@@H]3CCC[C@]3(C(=O)O)C2)cc1. The third-order valence-electron chi connectivity index (χ3n) is 6.55. The summed E-state index contributed by atoms with van der Waals surface area (Å²) in [4.78, 5) is 40.1. The molecule has 4 rings (SSSR count). The summed E-state index contributed by atoms with van der Waals surface area (Å²) in [6.07, 6.45) is 3.25. The molecule has 1 saturated heterocycles. The number of rotatable bonds is 5. The first kappa shape index (κ1) is 19.2. The van der Waals surface area contributed by atoms with Crippen molar-refractivity contribution in [3.05, 3.63) is 51.8 Å². The number of nitrogens with zero attached hydrogens (tertiary/aromatic N) is 1. The Morgan fingerprint density at radius 1 is 1.24 bits per heavy atom. The second-order valence-corrected chi connectivity index (χ2v) is 8.05. The van der Waals surface area contributed by atoms with Crippen molar-refractivity contribution in [1.29, 1.82) is 0 Å². The summed E-state index contributed by atoms with van der Waals surface area (Å²) in [5.74, 6) is -1.75. The van der Waals surface area contributed by atoms with Crippen molar-refractivity contribution in [3.63, 3.8) is 0 Å². The van der Waals surface area contributed by atoms with Gasteiger partial charge in [0.25, 0.3) is 5.56 Å². The van der Waals surface area contributed by atoms with Crippen LogP contribution in [0.25, 0.3) is 11.3 Å². The van der Waals surface area contributed by atoms with E-state index in [-0.39, 0.29) is 11.5 Å². The van der Waals surface area contributed by atoms with E-state index < -0.39 is 22.9 Å². The van der Waals surface area contributed by atoms with E-state index in [4.69, 9.17) is 5.11 Å². The highest BCUT2D eigenvalue weighted by Crippen LogP contribution is 2.49. The van der Waals surface area contributed by atoms with Crippen LogP contribution < -0.4 is 10.5 Å². The van der Waals surface area contributed by atoms with Gasteiger partial charge in [0.05, 0.1) is 11.1 Å². The molecule has 1 aromatic heterocycles. The maximum atomic E-state index is 12.1. The molecule has 2 atom stereocenters. The number of carboxylic acid groups (broad SMARTS) is 2. The zero-order chi connectivity index (χ0) is 20.8. The smallest absolute Gasteiger partial charge is 0.341 e. The monoisotopic (exact) mass is 396 g/mol. The maximum Gasteiger partial charge on any atom is 0.341 e. The molecular formula is C22H24N2O5. The highest BCUT2D eigenvalue weighted by molar-refractivity contribution is 5.88. The number of nitrogens with one attached hydrogen (secondary N) is 1. The number of H-pyrrole nitrogens is 1. The van der Waals surface area contributed by atoms with Gasteiger partial charge in [0.1, 0.15) is 5.56 Å². The Labute approximate surface area is 168 Å². The molecule has 1 aromatic carbocycles. The number of pyridine rings is 1. The fraction of sp³-hybridized carbons (Fsp3) is 0.409. The fourth-order valence-corrected chi connectivity index (χ4v) is 4.94. The van der Waals surface area contributed by atoms with E-state index >= 15 is 0 Å². The van der Waals surface area contributed by atoms with Crippen LogP contribution in [0.1, 0.15) is 42.1 Å². The maximum absolute atomic E-state index is 12.1. The molecule has 2 aliphatic rings. The van der Waals surface area contributed by atoms with Gasteiger partial charge in [0.15, 0.2) is 0 Å². The second kappa shape index (κ2) is 7.06. The summed E-state index contributed by atoms with van der Waals surface area (Å²) in [5.41, 5.74) is 1.63. The van der Waals surface area contributed by atoms with E-state index in [1.54, 1.807) is 0 Å². The predicted octanol–water partition coefficient (Wildman–Crippen LogP) is 2.99. The Hall–Kier alpha value is -3.09. The van der Waals surface area contributed by atoms with Crippen molar-refractivity contribution >= 4 is 17.6 Å². The minimum absolute atomic E-state index is 0.186. The summed E-state index contributed by atoms with van der Waals surface area (Å²) in [6, 6.07) is 9.09. The molecule has 0 unspecified atom stereocenters. The standard InChI is InChI=1S/C22H24N2O5/c1-2-13-10-17(20(26)27)19(25)23-18(13)14-5-7-16(8-6-14)24-11-15-4-3-9-22(15,12-24)21(28)29/h5-8,10,15H,2-4,9,11-12H2,1H3,(H,23,25)(H,26,27)(H,28,29)/t15-,22-/m0/s1. The van der Waals surface area contributed by atoms with Gasteiger partial charge >= 0.3 is 11.9 Å². The van der Waals surface area contributed by atoms with Crippen LogP contribution in [0.15, 0.2) is 35.1 Å². The van der Waals surface area contributed by atoms with Crippen LogP contribution in [-0.2, 0) is 11.2 Å². The van der Waals surface area contributed by atoms with Crippen LogP contribution in [0.4, 0.5) is 5.69 Å². The summed E-state index contributed by atoms with van der Waals surface area (Å²) in [5, 5.41) is 18.9. The molecule has 2 fully saturated rings. The van der Waals surface area contributed by atoms with Crippen molar-refractivity contribution in [2.75, 3.05) is 18.0 Å². The molecule has 1 saturated carbocycles. The molecule has 7 heteroatoms. The Bertz CT molecular complexity index is 1030. The van der Waals surface area contributed by atoms with Crippen molar-refractivity contribution in [1.82, 2.24) is 4.98 Å². The Morgan fingerprint density at radius 3 is 2.55 bits per heavy atom. The highest BCUT2D eigenvalue weighted by Gasteiger charge is 2.54. The molecule has 29 heavy (non-hydrogen) atoms. The van der Waals surface area contributed by atoms with Crippen LogP contribution in [0.2, 0.25) is 0 Å². The number of carbonyl (C=O) groups is 2. The Kier molecular flexibility index (Phi) is 4.68. The van der Waals surface area contributed by atoms with Gasteiger partial charge in [-0.2, -0.15) is 0 Å². The van der Waals surface area contributed by atoms with Gasteiger partial charge in [-0.25, -0.2) is 4.79 Å². The van der Waals surface area contributed by atoms with Gasteiger partial charge < -0.3 is 20.1 Å². The first-order valence-electron chi connectivity index (χ1n) is 9.94. The van der Waals surface area contributed by atoms with Crippen LogP contribution in [0.5, 0.6) is 0 Å². The number of carboxylic acids is 2. The van der Waals surface area contributed by atoms with Crippen LogP contribution in [0.3, 0.4) is 0 Å². The molecule has 152 valence electrons. The normalized spacial score (nSPS) is 23.2. The van der Waals surface area contributed by atoms with Crippen LogP contribution >= 0.6 is 0 Å². The molecular weight excluding hydrogens is 372 g/mol. The number of benzene rings is 1. The summed E-state index contributed by atoms with van der Waals surface area (Å²) >= 11 is 0. The molecule has 0 bridgehead atoms. The quantitative estimate of drug-likeness (QED) is 0.717. The third-order valence-corrected chi connectivity index (χ3v) is 6.55. The molecule has 2 aromatic rings. The number of aliphatic carboxylic acids is 1. The van der Waals surface area contributed by atoms with E-state index in [0.29, 0.717) is 18.7 Å². The average molecular weight is 396 g/mol.